The third kappa shape index (κ3) is 21.8. The van der Waals surface area contributed by atoms with E-state index in [1.807, 2.05) is 0 Å². The lowest BCUT2D eigenvalue weighted by molar-refractivity contribution is -0.156. The molecule has 32 heteroatoms. The molecule has 83 heavy (non-hydrogen) atoms. The highest BCUT2D eigenvalue weighted by atomic mass is 16.5. The third-order valence-electron chi connectivity index (χ3n) is 12.8. The number of likely N-dealkylation sites (N-methyl/N-ethyl adjacent to an activating group) is 1. The van der Waals surface area contributed by atoms with Crippen LogP contribution in [-0.4, -0.2) is 249 Å². The molecule has 0 aliphatic rings. The van der Waals surface area contributed by atoms with Crippen molar-refractivity contribution in [3.05, 3.63) is 54.1 Å². The van der Waals surface area contributed by atoms with Crippen LogP contribution in [0.3, 0.4) is 0 Å². The van der Waals surface area contributed by atoms with E-state index in [2.05, 4.69) is 47.5 Å². The molecule has 0 aliphatic heterocycles. The first kappa shape index (κ1) is 71.8. The topological polar surface area (TPSA) is 500 Å². The molecule has 0 aliphatic carbocycles. The first-order chi connectivity index (χ1) is 38.5. The molecule has 0 fully saturated rings. The highest BCUT2D eigenvalue weighted by Gasteiger charge is 2.43. The molecule has 0 spiro atoms. The maximum atomic E-state index is 14.0. The second kappa shape index (κ2) is 32.5. The molecule has 2 unspecified atom stereocenters. The number of aliphatic hydroxyl groups is 9. The fraction of sp³-hybridized carbons (Fsp3) is 0.627. The number of hydrogen-bond donors (Lipinski definition) is 18. The number of rotatable bonds is 34. The van der Waals surface area contributed by atoms with Crippen molar-refractivity contribution in [2.45, 2.75) is 151 Å². The number of aliphatic carboxylic acids is 1. The van der Waals surface area contributed by atoms with Crippen molar-refractivity contribution < 1.29 is 104 Å². The van der Waals surface area contributed by atoms with Crippen molar-refractivity contribution in [1.82, 2.24) is 57.0 Å². The minimum atomic E-state index is -2.38. The van der Waals surface area contributed by atoms with Crippen LogP contribution in [0.1, 0.15) is 72.2 Å². The van der Waals surface area contributed by atoms with Gasteiger partial charge in [-0.3, -0.25) is 43.2 Å². The Kier molecular flexibility index (Phi) is 28.2. The first-order valence-electron chi connectivity index (χ1n) is 26.0. The lowest BCUT2D eigenvalue weighted by Crippen LogP contribution is -2.65. The number of carboxylic acids is 1. The van der Waals surface area contributed by atoms with Gasteiger partial charge in [-0.05, 0) is 52.5 Å². The van der Waals surface area contributed by atoms with E-state index in [4.69, 9.17) is 4.74 Å². The molecule has 0 bridgehead atoms. The molecule has 9 amide bonds. The molecular weight excluding hydrogens is 1100 g/mol. The maximum absolute atomic E-state index is 14.0. The van der Waals surface area contributed by atoms with Crippen LogP contribution in [0.25, 0.3) is 0 Å². The Morgan fingerprint density at radius 3 is 1.69 bits per heavy atom. The zero-order valence-electron chi connectivity index (χ0n) is 47.7. The molecule has 1 heterocycles. The number of imidazole rings is 1. The minimum absolute atomic E-state index is 0.0311. The standard InChI is InChI=1S/C51H81N11O21/c1-24(2)16-27(41(71)57-29(22-64)49(79)80)55-47(77)40(51(6,7)82)60-42(72)28(21-63)56-46(76)39(50(4,5)81)58-33(66)20-54-43(73)30(17-26-14-12-11-13-15-26)62(9)48(78)38(70)37(69)32(83-10)19-53-44(74)34(59-45(75)35(67)25(3)65)36(68)31-18-52-23-61(31)8/h11-15,18,23-25,27-30,32,34-40,63-65,67-70,81-82H,16-17,19-22H2,1-10H3,(H,53,74)(H,54,73)(H,55,77)(H,56,76)(H,57,71)(H,58,66)(H,59,75)(H,60,72)(H,79,80)/t25-,27-,28-,29-,30-,32-,34+,35+,36+,37-,38-,39?,40?/m0/s1. The summed E-state index contributed by atoms with van der Waals surface area (Å²) in [6.45, 7) is 5.01. The smallest absolute Gasteiger partial charge is 0.328 e. The number of carboxylic acid groups (broad SMARTS) is 1. The highest BCUT2D eigenvalue weighted by molar-refractivity contribution is 5.98. The van der Waals surface area contributed by atoms with Crippen molar-refractivity contribution in [3.8, 4) is 0 Å². The van der Waals surface area contributed by atoms with Gasteiger partial charge in [-0.15, -0.1) is 0 Å². The van der Waals surface area contributed by atoms with E-state index in [9.17, 15) is 99.0 Å². The van der Waals surface area contributed by atoms with Crippen molar-refractivity contribution in [2.24, 2.45) is 13.0 Å². The van der Waals surface area contributed by atoms with Crippen LogP contribution in [0.5, 0.6) is 0 Å². The summed E-state index contributed by atoms with van der Waals surface area (Å²) >= 11 is 0. The monoisotopic (exact) mass is 1180 g/mol. The number of hydrogen-bond acceptors (Lipinski definition) is 21. The lowest BCUT2D eigenvalue weighted by atomic mass is 9.95. The van der Waals surface area contributed by atoms with Crippen molar-refractivity contribution in [3.63, 3.8) is 0 Å². The van der Waals surface area contributed by atoms with Crippen LogP contribution >= 0.6 is 0 Å². The largest absolute Gasteiger partial charge is 0.480 e. The lowest BCUT2D eigenvalue weighted by Gasteiger charge is -2.33. The van der Waals surface area contributed by atoms with Crippen LogP contribution in [0.4, 0.5) is 0 Å². The molecule has 1 aromatic heterocycles. The summed E-state index contributed by atoms with van der Waals surface area (Å²) in [6, 6.07) is -4.36. The summed E-state index contributed by atoms with van der Waals surface area (Å²) in [5.74, 6) is -12.5. The number of methoxy groups -OCH3 is 1. The van der Waals surface area contributed by atoms with Gasteiger partial charge < -0.3 is 108 Å². The molecule has 0 radical (unpaired) electrons. The molecule has 18 N–H and O–H groups in total. The van der Waals surface area contributed by atoms with E-state index >= 15 is 0 Å². The summed E-state index contributed by atoms with van der Waals surface area (Å²) < 4.78 is 6.59. The summed E-state index contributed by atoms with van der Waals surface area (Å²) in [5, 5.41) is 122. The number of aryl methyl sites for hydroxylation is 1. The Labute approximate surface area is 477 Å². The number of benzene rings is 1. The summed E-state index contributed by atoms with van der Waals surface area (Å²) in [7, 11) is 3.61. The van der Waals surface area contributed by atoms with E-state index in [1.54, 1.807) is 44.2 Å². The predicted octanol–water partition coefficient (Wildman–Crippen LogP) is -8.20. The van der Waals surface area contributed by atoms with Gasteiger partial charge in [0.25, 0.3) is 11.8 Å². The fourth-order valence-electron chi connectivity index (χ4n) is 7.91. The first-order valence-corrected chi connectivity index (χ1v) is 26.0. The summed E-state index contributed by atoms with van der Waals surface area (Å²) in [5.41, 5.74) is -3.77. The van der Waals surface area contributed by atoms with Crippen molar-refractivity contribution >= 4 is 59.1 Å². The van der Waals surface area contributed by atoms with Gasteiger partial charge in [-0.1, -0.05) is 44.2 Å². The van der Waals surface area contributed by atoms with Gasteiger partial charge in [0.15, 0.2) is 12.2 Å². The van der Waals surface area contributed by atoms with Gasteiger partial charge >= 0.3 is 5.97 Å². The normalized spacial score (nSPS) is 16.5. The Balaban J connectivity index is 2.29. The Hall–Kier alpha value is -7.27. The van der Waals surface area contributed by atoms with Crippen LogP contribution < -0.4 is 42.5 Å². The highest BCUT2D eigenvalue weighted by Crippen LogP contribution is 2.19. The zero-order chi connectivity index (χ0) is 63.4. The van der Waals surface area contributed by atoms with Gasteiger partial charge in [-0.2, -0.15) is 0 Å². The minimum Gasteiger partial charge on any atom is -0.480 e. The van der Waals surface area contributed by atoms with Gasteiger partial charge in [-0.25, -0.2) is 9.78 Å². The number of carbonyl (C=O) groups excluding carboxylic acids is 9. The molecule has 13 atom stereocenters. The summed E-state index contributed by atoms with van der Waals surface area (Å²) in [4.78, 5) is 137. The van der Waals surface area contributed by atoms with E-state index in [1.165, 1.54) is 24.1 Å². The number of nitrogens with zero attached hydrogens (tertiary/aromatic N) is 3. The zero-order valence-corrected chi connectivity index (χ0v) is 47.7. The molecule has 2 rings (SSSR count). The number of aromatic nitrogens is 2. The second-order valence-electron chi connectivity index (χ2n) is 21.1. The summed E-state index contributed by atoms with van der Waals surface area (Å²) in [6.07, 6.45) is -9.40. The van der Waals surface area contributed by atoms with Crippen molar-refractivity contribution in [1.29, 1.82) is 0 Å². The molecular formula is C51H81N11O21. The van der Waals surface area contributed by atoms with E-state index in [0.29, 0.717) is 5.56 Å². The number of carbonyl (C=O) groups is 10. The number of aliphatic hydroxyl groups excluding tert-OH is 7. The third-order valence-corrected chi connectivity index (χ3v) is 12.8. The Bertz CT molecular complexity index is 2520. The molecule has 0 saturated heterocycles. The molecule has 2 aromatic rings. The van der Waals surface area contributed by atoms with Gasteiger partial charge in [0, 0.05) is 34.2 Å². The average Bonchev–Trinajstić information content (AvgIpc) is 4.11. The van der Waals surface area contributed by atoms with E-state index in [-0.39, 0.29) is 24.5 Å². The van der Waals surface area contributed by atoms with Crippen LogP contribution in [0.15, 0.2) is 42.9 Å². The molecule has 1 aromatic carbocycles. The van der Waals surface area contributed by atoms with Crippen molar-refractivity contribution in [2.75, 3.05) is 40.5 Å². The molecule has 32 nitrogen and oxygen atoms in total. The predicted molar refractivity (Wildman–Crippen MR) is 287 cm³/mol. The van der Waals surface area contributed by atoms with E-state index in [0.717, 1.165) is 53.7 Å². The van der Waals surface area contributed by atoms with E-state index < -0.39 is 176 Å². The second-order valence-corrected chi connectivity index (χ2v) is 21.1. The van der Waals surface area contributed by atoms with Gasteiger partial charge in [0.05, 0.1) is 55.3 Å². The van der Waals surface area contributed by atoms with Crippen LogP contribution in [-0.2, 0) is 66.2 Å². The molecule has 466 valence electrons. The SMILES string of the molecule is CO[C@@H](CNC(=O)[C@H](NC(=O)[C@H](O)[C@H](C)O)[C@H](O)c1cncn1C)[C@H](O)[C@H](O)C(=O)N(C)[C@@H](Cc1ccccc1)C(=O)NCC(=O)NC(C(=O)N[C@@H](CO)C(=O)NC(C(=O)N[C@@H](CC(C)C)C(=O)N[C@@H](CO)C(=O)O)C(C)(C)O)C(C)(C)O. The quantitative estimate of drug-likeness (QED) is 0.0309. The fourth-order valence-corrected chi connectivity index (χ4v) is 7.91. The number of amides is 9. The Morgan fingerprint density at radius 2 is 1.20 bits per heavy atom. The average molecular weight is 1180 g/mol. The van der Waals surface area contributed by atoms with Gasteiger partial charge in [0.2, 0.25) is 41.4 Å². The van der Waals surface area contributed by atoms with Crippen LogP contribution in [0.2, 0.25) is 0 Å². The maximum Gasteiger partial charge on any atom is 0.328 e. The van der Waals surface area contributed by atoms with Gasteiger partial charge in [0.1, 0.15) is 60.6 Å². The number of ether oxygens (including phenoxy) is 1. The number of nitrogens with one attached hydrogen (secondary N) is 8. The molecule has 0 saturated carbocycles. The van der Waals surface area contributed by atoms with Crippen LogP contribution in [0, 0.1) is 5.92 Å². The Morgan fingerprint density at radius 1 is 0.675 bits per heavy atom.